The molecule has 0 saturated heterocycles. The van der Waals surface area contributed by atoms with E-state index in [4.69, 9.17) is 0 Å². The molecule has 3 nitrogen and oxygen atoms in total. The van der Waals surface area contributed by atoms with Gasteiger partial charge in [0.05, 0.1) is 0 Å². The fourth-order valence-corrected chi connectivity index (χ4v) is 0.899. The molecule has 0 aliphatic rings. The van der Waals surface area contributed by atoms with Gasteiger partial charge in [0.25, 0.3) is 0 Å². The fourth-order valence-electron chi connectivity index (χ4n) is 0.899. The minimum Gasteiger partial charge on any atom is -0.295 e. The predicted octanol–water partition coefficient (Wildman–Crippen LogP) is 2.98. The molecule has 2 aromatic heterocycles. The van der Waals surface area contributed by atoms with Gasteiger partial charge >= 0.3 is 0 Å². The van der Waals surface area contributed by atoms with Gasteiger partial charge in [0.15, 0.2) is 5.78 Å². The van der Waals surface area contributed by atoms with Crippen LogP contribution in [0.4, 0.5) is 0 Å². The average Bonchev–Trinajstić information content (AvgIpc) is 2.33. The van der Waals surface area contributed by atoms with Crippen LogP contribution in [-0.2, 0) is 0 Å². The first-order valence-electron chi connectivity index (χ1n) is 4.56. The van der Waals surface area contributed by atoms with Crippen molar-refractivity contribution in [3.8, 4) is 0 Å². The third kappa shape index (κ3) is 6.23. The molecule has 0 radical (unpaired) electrons. The van der Waals surface area contributed by atoms with Crippen molar-refractivity contribution in [3.05, 3.63) is 60.7 Å². The summed E-state index contributed by atoms with van der Waals surface area (Å²) >= 11 is 0. The van der Waals surface area contributed by atoms with E-state index < -0.39 is 0 Å². The normalized spacial score (nSPS) is 8.06. The lowest BCUT2D eigenvalue weighted by Gasteiger charge is -1.88. The lowest BCUT2D eigenvalue weighted by molar-refractivity contribution is 0.101. The van der Waals surface area contributed by atoms with Crippen LogP contribution in [0.5, 0.6) is 0 Å². The molecule has 0 amide bonds. The molecule has 2 heterocycles. The van der Waals surface area contributed by atoms with Crippen molar-refractivity contribution in [2.75, 3.05) is 0 Å². The Morgan fingerprint density at radius 2 is 1.44 bits per heavy atom. The van der Waals surface area contributed by atoms with Gasteiger partial charge in [-0.05, 0) is 31.2 Å². The maximum absolute atomic E-state index is 10.6. The van der Waals surface area contributed by atoms with Crippen molar-refractivity contribution >= 4 is 29.8 Å². The van der Waals surface area contributed by atoms with E-state index in [-0.39, 0.29) is 29.8 Å². The highest BCUT2D eigenvalue weighted by Gasteiger charge is 1.93. The molecule has 0 fully saturated rings. The van der Waals surface area contributed by atoms with Crippen LogP contribution in [-0.4, -0.2) is 15.8 Å². The molecule has 2 aromatic rings. The number of hydrogen-bond donors (Lipinski definition) is 0. The van der Waals surface area contributed by atoms with E-state index in [0.717, 1.165) is 0 Å². The summed E-state index contributed by atoms with van der Waals surface area (Å²) in [6.45, 7) is 1.54. The molecule has 0 bridgehead atoms. The summed E-state index contributed by atoms with van der Waals surface area (Å²) in [6, 6.07) is 9.11. The van der Waals surface area contributed by atoms with Crippen LogP contribution in [0.1, 0.15) is 17.3 Å². The maximum atomic E-state index is 10.6. The van der Waals surface area contributed by atoms with Crippen LogP contribution in [0.3, 0.4) is 0 Å². The molecule has 0 saturated carbocycles. The number of pyridine rings is 2. The van der Waals surface area contributed by atoms with E-state index in [2.05, 4.69) is 9.97 Å². The summed E-state index contributed by atoms with van der Waals surface area (Å²) in [5.41, 5.74) is 0.713. The Labute approximate surface area is 112 Å². The van der Waals surface area contributed by atoms with E-state index in [1.807, 2.05) is 18.2 Å². The summed E-state index contributed by atoms with van der Waals surface area (Å²) in [7, 11) is 0. The average molecular weight is 328 g/mol. The Kier molecular flexibility index (Phi) is 8.24. The van der Waals surface area contributed by atoms with Gasteiger partial charge in [-0.1, -0.05) is 6.07 Å². The molecule has 0 aliphatic carbocycles. The summed E-state index contributed by atoms with van der Waals surface area (Å²) in [5, 5.41) is 0. The van der Waals surface area contributed by atoms with Crippen LogP contribution in [0, 0.1) is 0 Å². The van der Waals surface area contributed by atoms with Crippen molar-refractivity contribution in [2.24, 2.45) is 0 Å². The highest BCUT2D eigenvalue weighted by molar-refractivity contribution is 14.0. The van der Waals surface area contributed by atoms with E-state index in [1.54, 1.807) is 36.9 Å². The van der Waals surface area contributed by atoms with E-state index >= 15 is 0 Å². The van der Waals surface area contributed by atoms with Gasteiger partial charge in [0.1, 0.15) is 0 Å². The van der Waals surface area contributed by atoms with Crippen LogP contribution >= 0.6 is 24.0 Å². The molecule has 0 unspecified atom stereocenters. The first-order chi connectivity index (χ1) is 7.30. The zero-order valence-corrected chi connectivity index (χ0v) is 11.2. The van der Waals surface area contributed by atoms with Gasteiger partial charge in [-0.25, -0.2) is 0 Å². The molecule has 4 heteroatoms. The first-order valence-corrected chi connectivity index (χ1v) is 4.56. The van der Waals surface area contributed by atoms with E-state index in [0.29, 0.717) is 5.56 Å². The van der Waals surface area contributed by atoms with Crippen LogP contribution in [0.15, 0.2) is 55.1 Å². The maximum Gasteiger partial charge on any atom is 0.159 e. The number of rotatable bonds is 1. The first kappa shape index (κ1) is 14.7. The number of halogens is 1. The van der Waals surface area contributed by atoms with Crippen molar-refractivity contribution in [3.63, 3.8) is 0 Å². The zero-order chi connectivity index (χ0) is 10.9. The third-order valence-electron chi connectivity index (χ3n) is 1.65. The van der Waals surface area contributed by atoms with Crippen molar-refractivity contribution in [1.29, 1.82) is 0 Å². The molecule has 0 aromatic carbocycles. The Morgan fingerprint density at radius 1 is 0.938 bits per heavy atom. The van der Waals surface area contributed by atoms with Gasteiger partial charge in [-0.2, -0.15) is 0 Å². The minimum absolute atomic E-state index is 0. The minimum atomic E-state index is 0. The van der Waals surface area contributed by atoms with Crippen LogP contribution < -0.4 is 0 Å². The van der Waals surface area contributed by atoms with Gasteiger partial charge in [0.2, 0.25) is 0 Å². The molecule has 2 rings (SSSR count). The highest BCUT2D eigenvalue weighted by atomic mass is 127. The topological polar surface area (TPSA) is 42.9 Å². The second-order valence-electron chi connectivity index (χ2n) is 2.82. The summed E-state index contributed by atoms with van der Waals surface area (Å²) < 4.78 is 0. The van der Waals surface area contributed by atoms with Gasteiger partial charge in [-0.3, -0.25) is 14.8 Å². The number of Topliss-reactive ketones (excluding diaryl/α,β-unsaturated/α-hetero) is 1. The largest absolute Gasteiger partial charge is 0.295 e. The highest BCUT2D eigenvalue weighted by Crippen LogP contribution is 1.95. The predicted molar refractivity (Wildman–Crippen MR) is 73.9 cm³/mol. The molecular formula is C12H13IN2O. The lowest BCUT2D eigenvalue weighted by atomic mass is 10.2. The molecule has 16 heavy (non-hydrogen) atoms. The fraction of sp³-hybridized carbons (Fsp3) is 0.0833. The number of ketones is 1. The summed E-state index contributed by atoms with van der Waals surface area (Å²) in [5.74, 6) is 0.0809. The SMILES string of the molecule is CC(=O)c1ccncc1.I.c1ccncc1. The van der Waals surface area contributed by atoms with Gasteiger partial charge < -0.3 is 0 Å². The van der Waals surface area contributed by atoms with Crippen LogP contribution in [0.25, 0.3) is 0 Å². The smallest absolute Gasteiger partial charge is 0.159 e. The molecule has 84 valence electrons. The second kappa shape index (κ2) is 8.96. The van der Waals surface area contributed by atoms with Gasteiger partial charge in [-0.15, -0.1) is 24.0 Å². The molecule has 0 N–H and O–H groups in total. The van der Waals surface area contributed by atoms with Crippen LogP contribution in [0.2, 0.25) is 0 Å². The molecular weight excluding hydrogens is 315 g/mol. The third-order valence-corrected chi connectivity index (χ3v) is 1.65. The lowest BCUT2D eigenvalue weighted by Crippen LogP contribution is -1.89. The summed E-state index contributed by atoms with van der Waals surface area (Å²) in [6.07, 6.45) is 6.72. The van der Waals surface area contributed by atoms with Crippen molar-refractivity contribution in [1.82, 2.24) is 9.97 Å². The summed E-state index contributed by atoms with van der Waals surface area (Å²) in [4.78, 5) is 18.2. The quantitative estimate of drug-likeness (QED) is 0.597. The van der Waals surface area contributed by atoms with E-state index in [1.165, 1.54) is 6.92 Å². The standard InChI is InChI=1S/C7H7NO.C5H5N.HI/c1-6(9)7-2-4-8-5-3-7;1-2-4-6-5-3-1;/h2-5H,1H3;1-5H;1H. The Balaban J connectivity index is 0.000000283. The number of aromatic nitrogens is 2. The van der Waals surface area contributed by atoms with Gasteiger partial charge in [0, 0.05) is 30.4 Å². The monoisotopic (exact) mass is 328 g/mol. The number of carbonyl (C=O) groups excluding carboxylic acids is 1. The number of nitrogens with zero attached hydrogens (tertiary/aromatic N) is 2. The molecule has 0 aliphatic heterocycles. The second-order valence-corrected chi connectivity index (χ2v) is 2.82. The van der Waals surface area contributed by atoms with Crippen molar-refractivity contribution < 1.29 is 4.79 Å². The van der Waals surface area contributed by atoms with Crippen molar-refractivity contribution in [2.45, 2.75) is 6.92 Å². The zero-order valence-electron chi connectivity index (χ0n) is 8.91. The Morgan fingerprint density at radius 3 is 1.69 bits per heavy atom. The Hall–Kier alpha value is -1.30. The van der Waals surface area contributed by atoms with E-state index in [9.17, 15) is 4.79 Å². The number of carbonyl (C=O) groups is 1. The molecule has 0 spiro atoms. The molecule has 0 atom stereocenters. The Bertz CT molecular complexity index is 366. The number of hydrogen-bond acceptors (Lipinski definition) is 3.